The summed E-state index contributed by atoms with van der Waals surface area (Å²) in [5.41, 5.74) is 0.519. The van der Waals surface area contributed by atoms with E-state index in [0.717, 1.165) is 24.9 Å². The molecule has 33 heavy (non-hydrogen) atoms. The number of amides is 2. The number of esters is 1. The van der Waals surface area contributed by atoms with E-state index in [2.05, 4.69) is 26.6 Å². The highest BCUT2D eigenvalue weighted by Gasteiger charge is 2.38. The Hall–Kier alpha value is -2.49. The molecular weight excluding hydrogens is 422 g/mol. The molecule has 182 valence electrons. The van der Waals surface area contributed by atoms with E-state index in [4.69, 9.17) is 4.74 Å². The normalized spacial score (nSPS) is 20.0. The third-order valence-corrected chi connectivity index (χ3v) is 6.10. The Bertz CT molecular complexity index is 791. The fourth-order valence-corrected chi connectivity index (χ4v) is 4.05. The summed E-state index contributed by atoms with van der Waals surface area (Å²) in [7, 11) is 0. The number of nitrogens with one attached hydrogen (secondary N) is 5. The minimum absolute atomic E-state index is 0.0594. The van der Waals surface area contributed by atoms with E-state index in [9.17, 15) is 14.4 Å². The third-order valence-electron chi connectivity index (χ3n) is 6.10. The molecule has 2 heterocycles. The van der Waals surface area contributed by atoms with E-state index in [1.807, 2.05) is 44.2 Å². The Morgan fingerprint density at radius 1 is 1.18 bits per heavy atom. The summed E-state index contributed by atoms with van der Waals surface area (Å²) in [4.78, 5) is 37.6. The van der Waals surface area contributed by atoms with Gasteiger partial charge in [-0.25, -0.2) is 0 Å². The Kier molecular flexibility index (Phi) is 9.22. The van der Waals surface area contributed by atoms with Crippen LogP contribution in [0.15, 0.2) is 30.3 Å². The maximum absolute atomic E-state index is 12.9. The number of carbonyl (C=O) groups excluding carboxylic acids is 3. The second-order valence-corrected chi connectivity index (χ2v) is 9.44. The standard InChI is InChI=1S/C24H37N5O4/c1-17(2)11-20(29-23(32)19-9-6-10-26-19)22(31)27-16-24(14-25-15-24)28-12-21(30)33-13-18-7-4-3-5-8-18/h3-5,7-8,17,19-20,25-26,28H,6,9-16H2,1-2H3,(H,27,31)(H,29,32)/t19-,20+/m1/s1. The van der Waals surface area contributed by atoms with E-state index in [1.165, 1.54) is 0 Å². The summed E-state index contributed by atoms with van der Waals surface area (Å²) < 4.78 is 5.33. The maximum Gasteiger partial charge on any atom is 0.320 e. The number of carbonyl (C=O) groups is 3. The molecule has 1 aromatic rings. The third kappa shape index (κ3) is 7.80. The number of hydrogen-bond donors (Lipinski definition) is 5. The molecular formula is C24H37N5O4. The van der Waals surface area contributed by atoms with Gasteiger partial charge < -0.3 is 26.0 Å². The second-order valence-electron chi connectivity index (χ2n) is 9.44. The minimum Gasteiger partial charge on any atom is -0.460 e. The summed E-state index contributed by atoms with van der Waals surface area (Å²) in [6, 6.07) is 8.72. The van der Waals surface area contributed by atoms with Crippen LogP contribution >= 0.6 is 0 Å². The van der Waals surface area contributed by atoms with E-state index in [0.29, 0.717) is 26.1 Å². The topological polar surface area (TPSA) is 121 Å². The zero-order chi connectivity index (χ0) is 23.7. The molecule has 2 saturated heterocycles. The number of rotatable bonds is 12. The maximum atomic E-state index is 12.9. The smallest absolute Gasteiger partial charge is 0.320 e. The van der Waals surface area contributed by atoms with Gasteiger partial charge in [0.05, 0.1) is 18.1 Å². The van der Waals surface area contributed by atoms with Crippen molar-refractivity contribution in [2.24, 2.45) is 5.92 Å². The molecule has 9 nitrogen and oxygen atoms in total. The van der Waals surface area contributed by atoms with Gasteiger partial charge in [-0.2, -0.15) is 0 Å². The van der Waals surface area contributed by atoms with Gasteiger partial charge in [0.15, 0.2) is 0 Å². The van der Waals surface area contributed by atoms with Gasteiger partial charge in [-0.1, -0.05) is 44.2 Å². The molecule has 2 atom stereocenters. The molecule has 0 spiro atoms. The van der Waals surface area contributed by atoms with Crippen LogP contribution in [0.1, 0.15) is 38.7 Å². The van der Waals surface area contributed by atoms with E-state index in [-0.39, 0.29) is 42.9 Å². The van der Waals surface area contributed by atoms with Gasteiger partial charge in [0.1, 0.15) is 12.6 Å². The van der Waals surface area contributed by atoms with Crippen LogP contribution in [0.3, 0.4) is 0 Å². The molecule has 2 fully saturated rings. The molecule has 0 aliphatic carbocycles. The van der Waals surface area contributed by atoms with Gasteiger partial charge in [0, 0.05) is 19.6 Å². The largest absolute Gasteiger partial charge is 0.460 e. The Morgan fingerprint density at radius 3 is 2.55 bits per heavy atom. The molecule has 3 rings (SSSR count). The summed E-state index contributed by atoms with van der Waals surface area (Å²) in [5.74, 6) is -0.401. The van der Waals surface area contributed by atoms with Crippen molar-refractivity contribution in [1.29, 1.82) is 0 Å². The van der Waals surface area contributed by atoms with Gasteiger partial charge in [-0.3, -0.25) is 19.7 Å². The van der Waals surface area contributed by atoms with Crippen LogP contribution in [-0.4, -0.2) is 68.1 Å². The van der Waals surface area contributed by atoms with Crippen molar-refractivity contribution in [3.8, 4) is 0 Å². The molecule has 0 radical (unpaired) electrons. The lowest BCUT2D eigenvalue weighted by atomic mass is 9.92. The van der Waals surface area contributed by atoms with E-state index < -0.39 is 11.6 Å². The average molecular weight is 460 g/mol. The Balaban J connectivity index is 1.45. The van der Waals surface area contributed by atoms with Crippen molar-refractivity contribution in [2.75, 3.05) is 32.7 Å². The lowest BCUT2D eigenvalue weighted by Gasteiger charge is -2.43. The summed E-state index contributed by atoms with van der Waals surface area (Å²) in [6.45, 7) is 6.80. The number of benzene rings is 1. The molecule has 0 bridgehead atoms. The highest BCUT2D eigenvalue weighted by atomic mass is 16.5. The molecule has 2 aliphatic rings. The van der Waals surface area contributed by atoms with Crippen LogP contribution < -0.4 is 26.6 Å². The first-order chi connectivity index (χ1) is 15.9. The van der Waals surface area contributed by atoms with Crippen LogP contribution in [0.25, 0.3) is 0 Å². The predicted molar refractivity (Wildman–Crippen MR) is 125 cm³/mol. The number of hydrogen-bond acceptors (Lipinski definition) is 7. The van der Waals surface area contributed by atoms with Gasteiger partial charge in [-0.05, 0) is 37.3 Å². The van der Waals surface area contributed by atoms with Crippen LogP contribution in [0.4, 0.5) is 0 Å². The molecule has 9 heteroatoms. The van der Waals surface area contributed by atoms with Crippen LogP contribution in [-0.2, 0) is 25.7 Å². The zero-order valence-electron chi connectivity index (χ0n) is 19.6. The van der Waals surface area contributed by atoms with Crippen molar-refractivity contribution in [3.05, 3.63) is 35.9 Å². The van der Waals surface area contributed by atoms with Crippen molar-refractivity contribution in [1.82, 2.24) is 26.6 Å². The quantitative estimate of drug-likeness (QED) is 0.280. The van der Waals surface area contributed by atoms with Crippen molar-refractivity contribution >= 4 is 17.8 Å². The fraction of sp³-hybridized carbons (Fsp3) is 0.625. The zero-order valence-corrected chi connectivity index (χ0v) is 19.6. The molecule has 0 saturated carbocycles. The Morgan fingerprint density at radius 2 is 1.94 bits per heavy atom. The van der Waals surface area contributed by atoms with E-state index >= 15 is 0 Å². The Labute approximate surface area is 195 Å². The van der Waals surface area contributed by atoms with E-state index in [1.54, 1.807) is 0 Å². The van der Waals surface area contributed by atoms with Gasteiger partial charge in [-0.15, -0.1) is 0 Å². The predicted octanol–water partition coefficient (Wildman–Crippen LogP) is 0.0605. The van der Waals surface area contributed by atoms with Crippen LogP contribution in [0.5, 0.6) is 0 Å². The first-order valence-corrected chi connectivity index (χ1v) is 11.8. The van der Waals surface area contributed by atoms with Gasteiger partial charge >= 0.3 is 5.97 Å². The van der Waals surface area contributed by atoms with Crippen molar-refractivity contribution < 1.29 is 19.1 Å². The monoisotopic (exact) mass is 459 g/mol. The lowest BCUT2D eigenvalue weighted by molar-refractivity contribution is -0.144. The fourth-order valence-electron chi connectivity index (χ4n) is 4.05. The summed E-state index contributed by atoms with van der Waals surface area (Å²) >= 11 is 0. The summed E-state index contributed by atoms with van der Waals surface area (Å²) in [5, 5.41) is 15.5. The highest BCUT2D eigenvalue weighted by Crippen LogP contribution is 2.12. The molecule has 1 aromatic carbocycles. The molecule has 0 unspecified atom stereocenters. The summed E-state index contributed by atoms with van der Waals surface area (Å²) in [6.07, 6.45) is 2.32. The minimum atomic E-state index is -0.583. The average Bonchev–Trinajstić information content (AvgIpc) is 3.31. The van der Waals surface area contributed by atoms with Crippen LogP contribution in [0, 0.1) is 5.92 Å². The van der Waals surface area contributed by atoms with Crippen molar-refractivity contribution in [2.45, 2.75) is 57.3 Å². The van der Waals surface area contributed by atoms with Crippen LogP contribution in [0.2, 0.25) is 0 Å². The molecule has 0 aromatic heterocycles. The molecule has 5 N–H and O–H groups in total. The van der Waals surface area contributed by atoms with Gasteiger partial charge in [0.2, 0.25) is 11.8 Å². The lowest BCUT2D eigenvalue weighted by Crippen LogP contribution is -2.73. The highest BCUT2D eigenvalue weighted by molar-refractivity contribution is 5.90. The first kappa shape index (κ1) is 25.1. The van der Waals surface area contributed by atoms with Gasteiger partial charge in [0.25, 0.3) is 0 Å². The SMILES string of the molecule is CC(C)C[C@H](NC(=O)[C@H]1CCCN1)C(=O)NCC1(NCC(=O)OCc2ccccc2)CNC1. The first-order valence-electron chi connectivity index (χ1n) is 11.8. The van der Waals surface area contributed by atoms with Crippen molar-refractivity contribution in [3.63, 3.8) is 0 Å². The second kappa shape index (κ2) is 12.1. The molecule has 2 aliphatic heterocycles. The molecule has 2 amide bonds. The number of ether oxygens (including phenoxy) is 1.